The third kappa shape index (κ3) is 5.50. The first-order valence-corrected chi connectivity index (χ1v) is 11.9. The molecule has 0 spiro atoms. The van der Waals surface area contributed by atoms with Crippen molar-refractivity contribution in [3.8, 4) is 12.3 Å². The molecule has 0 heterocycles. The van der Waals surface area contributed by atoms with Gasteiger partial charge >= 0.3 is 0 Å². The average molecular weight is 322 g/mol. The van der Waals surface area contributed by atoms with Crippen molar-refractivity contribution >= 4 is 18.1 Å². The maximum absolute atomic E-state index is 12.6. The second-order valence-corrected chi connectivity index (χ2v) is 13.1. The third-order valence-corrected chi connectivity index (χ3v) is 5.91. The van der Waals surface area contributed by atoms with Gasteiger partial charge in [-0.15, -0.1) is 6.42 Å². The van der Waals surface area contributed by atoms with E-state index in [1.165, 1.54) is 4.31 Å². The average Bonchev–Trinajstić information content (AvgIpc) is 2.37. The minimum absolute atomic E-state index is 0.0756. The van der Waals surface area contributed by atoms with Crippen LogP contribution >= 0.6 is 0 Å². The van der Waals surface area contributed by atoms with E-state index in [-0.39, 0.29) is 11.4 Å². The number of hydrogen-bond donors (Lipinski definition) is 0. The number of benzene rings is 1. The second-order valence-electron chi connectivity index (χ2n) is 6.08. The van der Waals surface area contributed by atoms with Crippen LogP contribution in [0.3, 0.4) is 0 Å². The van der Waals surface area contributed by atoms with E-state index in [0.717, 1.165) is 5.56 Å². The van der Waals surface area contributed by atoms with Gasteiger partial charge in [0.15, 0.2) is 0 Å². The monoisotopic (exact) mass is 321 g/mol. The summed E-state index contributed by atoms with van der Waals surface area (Å²) in [5.41, 5.74) is 3.15. The van der Waals surface area contributed by atoms with Crippen molar-refractivity contribution in [3.05, 3.63) is 41.6 Å². The molecule has 0 aromatic heterocycles. The lowest BCUT2D eigenvalue weighted by atomic mass is 10.2. The molecular weight excluding hydrogens is 298 g/mol. The van der Waals surface area contributed by atoms with Crippen molar-refractivity contribution in [3.63, 3.8) is 0 Å². The molecule has 21 heavy (non-hydrogen) atoms. The molecule has 5 heteroatoms. The zero-order valence-electron chi connectivity index (χ0n) is 13.1. The number of hydrogen-bond acceptors (Lipinski definition) is 2. The minimum atomic E-state index is -3.54. The lowest BCUT2D eigenvalue weighted by Gasteiger charge is -2.19. The van der Waals surface area contributed by atoms with Gasteiger partial charge in [0.1, 0.15) is 0 Å². The molecule has 0 saturated heterocycles. The lowest BCUT2D eigenvalue weighted by molar-refractivity contribution is 0.478. The van der Waals surface area contributed by atoms with Gasteiger partial charge in [0.05, 0.1) is 19.5 Å². The molecule has 0 amide bonds. The van der Waals surface area contributed by atoms with Gasteiger partial charge in [-0.3, -0.25) is 0 Å². The van der Waals surface area contributed by atoms with E-state index in [0.29, 0.717) is 6.54 Å². The highest BCUT2D eigenvalue weighted by molar-refractivity contribution is 7.89. The molecule has 0 saturated carbocycles. The Balaban J connectivity index is 3.01. The van der Waals surface area contributed by atoms with Crippen molar-refractivity contribution < 1.29 is 8.42 Å². The minimum Gasteiger partial charge on any atom is -0.207 e. The first-order chi connectivity index (χ1) is 9.66. The fraction of sp³-hybridized carbons (Fsp3) is 0.375. The Kier molecular flexibility index (Phi) is 5.96. The Labute approximate surface area is 129 Å². The standard InChI is InChI=1S/C16H23NO2SSi/c1-6-12-17(13-7-14-21(3,4)5)20(18,19)16-10-8-15(2)9-11-16/h1,7-11,14H,12-13H2,2-5H3/b14-7+. The molecule has 114 valence electrons. The van der Waals surface area contributed by atoms with Crippen molar-refractivity contribution in [2.45, 2.75) is 31.5 Å². The molecule has 0 radical (unpaired) electrons. The number of sulfonamides is 1. The molecular formula is C16H23NO2SSi. The molecule has 1 aromatic carbocycles. The van der Waals surface area contributed by atoms with Crippen LogP contribution in [0.5, 0.6) is 0 Å². The quantitative estimate of drug-likeness (QED) is 0.596. The maximum atomic E-state index is 12.6. The Morgan fingerprint density at radius 2 is 1.81 bits per heavy atom. The first kappa shape index (κ1) is 17.7. The van der Waals surface area contributed by atoms with Gasteiger partial charge < -0.3 is 0 Å². The smallest absolute Gasteiger partial charge is 0.207 e. The molecule has 0 N–H and O–H groups in total. The van der Waals surface area contributed by atoms with E-state index in [9.17, 15) is 8.42 Å². The molecule has 0 bridgehead atoms. The Morgan fingerprint density at radius 3 is 2.29 bits per heavy atom. The van der Waals surface area contributed by atoms with E-state index in [1.807, 2.05) is 13.0 Å². The summed E-state index contributed by atoms with van der Waals surface area (Å²) < 4.78 is 26.5. The van der Waals surface area contributed by atoms with Crippen LogP contribution in [0.2, 0.25) is 19.6 Å². The Morgan fingerprint density at radius 1 is 1.24 bits per heavy atom. The summed E-state index contributed by atoms with van der Waals surface area (Å²) in [4.78, 5) is 0.282. The van der Waals surface area contributed by atoms with E-state index >= 15 is 0 Å². The van der Waals surface area contributed by atoms with Gasteiger partial charge in [-0.2, -0.15) is 4.31 Å². The molecule has 1 rings (SSSR count). The number of nitrogens with zero attached hydrogens (tertiary/aromatic N) is 1. The van der Waals surface area contributed by atoms with Gasteiger partial charge in [0.25, 0.3) is 0 Å². The largest absolute Gasteiger partial charge is 0.244 e. The fourth-order valence-electron chi connectivity index (χ4n) is 1.73. The number of rotatable bonds is 6. The molecule has 1 aromatic rings. The van der Waals surface area contributed by atoms with Crippen LogP contribution in [0, 0.1) is 19.3 Å². The molecule has 0 aliphatic carbocycles. The molecule has 0 aliphatic heterocycles. The van der Waals surface area contributed by atoms with Gasteiger partial charge in [-0.25, -0.2) is 8.42 Å². The van der Waals surface area contributed by atoms with Crippen LogP contribution in [0.15, 0.2) is 40.9 Å². The Hall–Kier alpha value is -1.35. The number of terminal acetylenes is 1. The van der Waals surface area contributed by atoms with Crippen molar-refractivity contribution in [1.82, 2.24) is 4.31 Å². The second kappa shape index (κ2) is 7.08. The summed E-state index contributed by atoms with van der Waals surface area (Å²) in [6, 6.07) is 6.82. The van der Waals surface area contributed by atoms with E-state index in [1.54, 1.807) is 24.3 Å². The molecule has 0 aliphatic rings. The summed E-state index contributed by atoms with van der Waals surface area (Å²) in [5, 5.41) is 0. The van der Waals surface area contributed by atoms with E-state index in [4.69, 9.17) is 6.42 Å². The van der Waals surface area contributed by atoms with Gasteiger partial charge in [0.2, 0.25) is 10.0 Å². The topological polar surface area (TPSA) is 37.4 Å². The predicted molar refractivity (Wildman–Crippen MR) is 91.3 cm³/mol. The maximum Gasteiger partial charge on any atom is 0.244 e. The highest BCUT2D eigenvalue weighted by atomic mass is 32.2. The lowest BCUT2D eigenvalue weighted by Crippen LogP contribution is -2.32. The van der Waals surface area contributed by atoms with Crippen LogP contribution in [-0.2, 0) is 10.0 Å². The van der Waals surface area contributed by atoms with Crippen LogP contribution in [0.25, 0.3) is 0 Å². The molecule has 3 nitrogen and oxygen atoms in total. The van der Waals surface area contributed by atoms with Crippen molar-refractivity contribution in [1.29, 1.82) is 0 Å². The highest BCUT2D eigenvalue weighted by Gasteiger charge is 2.22. The Bertz CT molecular complexity index is 634. The van der Waals surface area contributed by atoms with Crippen LogP contribution in [0.1, 0.15) is 5.56 Å². The van der Waals surface area contributed by atoms with E-state index in [2.05, 4.69) is 31.3 Å². The van der Waals surface area contributed by atoms with E-state index < -0.39 is 18.1 Å². The SMILES string of the molecule is C#CCN(C/C=C/[Si](C)(C)C)S(=O)(=O)c1ccc(C)cc1. The number of aryl methyl sites for hydroxylation is 1. The van der Waals surface area contributed by atoms with Crippen LogP contribution in [-0.4, -0.2) is 33.9 Å². The predicted octanol–water partition coefficient (Wildman–Crippen LogP) is 3.05. The van der Waals surface area contributed by atoms with Gasteiger partial charge in [0, 0.05) is 6.54 Å². The fourth-order valence-corrected chi connectivity index (χ4v) is 3.85. The third-order valence-electron chi connectivity index (χ3n) is 2.85. The summed E-state index contributed by atoms with van der Waals surface area (Å²) >= 11 is 0. The van der Waals surface area contributed by atoms with Crippen LogP contribution in [0.4, 0.5) is 0 Å². The van der Waals surface area contributed by atoms with Crippen LogP contribution < -0.4 is 0 Å². The summed E-state index contributed by atoms with van der Waals surface area (Å²) in [6.07, 6.45) is 7.23. The summed E-state index contributed by atoms with van der Waals surface area (Å²) in [7, 11) is -4.89. The highest BCUT2D eigenvalue weighted by Crippen LogP contribution is 2.16. The van der Waals surface area contributed by atoms with Gasteiger partial charge in [-0.1, -0.05) is 55.0 Å². The van der Waals surface area contributed by atoms with Gasteiger partial charge in [-0.05, 0) is 19.1 Å². The molecule has 0 fully saturated rings. The zero-order chi connectivity index (χ0) is 16.1. The molecule has 0 atom stereocenters. The zero-order valence-corrected chi connectivity index (χ0v) is 14.9. The normalized spacial score (nSPS) is 12.8. The summed E-state index contributed by atoms with van der Waals surface area (Å²) in [5.74, 6) is 2.43. The van der Waals surface area contributed by atoms with Crippen molar-refractivity contribution in [2.75, 3.05) is 13.1 Å². The summed E-state index contributed by atoms with van der Waals surface area (Å²) in [6.45, 7) is 8.90. The first-order valence-electron chi connectivity index (χ1n) is 6.85. The van der Waals surface area contributed by atoms with Crippen molar-refractivity contribution in [2.24, 2.45) is 0 Å². The molecule has 0 unspecified atom stereocenters.